The first-order valence-electron chi connectivity index (χ1n) is 9.52. The van der Waals surface area contributed by atoms with Crippen molar-refractivity contribution in [2.75, 3.05) is 11.1 Å². The lowest BCUT2D eigenvalue weighted by Crippen LogP contribution is -2.15. The minimum atomic E-state index is -0.171. The van der Waals surface area contributed by atoms with Crippen LogP contribution in [-0.2, 0) is 0 Å². The molecule has 0 aliphatic rings. The van der Waals surface area contributed by atoms with E-state index in [2.05, 4.69) is 30.5 Å². The highest BCUT2D eigenvalue weighted by Gasteiger charge is 2.10. The number of anilines is 3. The molecular weight excluding hydrogens is 392 g/mol. The first-order chi connectivity index (χ1) is 15.1. The van der Waals surface area contributed by atoms with Gasteiger partial charge in [-0.15, -0.1) is 0 Å². The van der Waals surface area contributed by atoms with Gasteiger partial charge in [0.1, 0.15) is 5.84 Å². The molecule has 0 bridgehead atoms. The van der Waals surface area contributed by atoms with Gasteiger partial charge in [0, 0.05) is 22.3 Å². The topological polar surface area (TPSA) is 151 Å². The van der Waals surface area contributed by atoms with Gasteiger partial charge in [-0.1, -0.05) is 24.3 Å². The highest BCUT2D eigenvalue weighted by Crippen LogP contribution is 2.27. The van der Waals surface area contributed by atoms with Crippen LogP contribution in [0.2, 0.25) is 0 Å². The number of aromatic amines is 2. The maximum Gasteiger partial charge on any atom is 0.271 e. The number of aromatic nitrogens is 4. The maximum atomic E-state index is 11.7. The molecule has 31 heavy (non-hydrogen) atoms. The summed E-state index contributed by atoms with van der Waals surface area (Å²) in [5.74, 6) is 1.03. The summed E-state index contributed by atoms with van der Waals surface area (Å²) >= 11 is 0. The summed E-state index contributed by atoms with van der Waals surface area (Å²) in [5, 5.41) is 9.90. The lowest BCUT2D eigenvalue weighted by Gasteiger charge is -2.09. The van der Waals surface area contributed by atoms with Crippen molar-refractivity contribution in [2.24, 2.45) is 10.7 Å². The summed E-state index contributed by atoms with van der Waals surface area (Å²) in [7, 11) is 0. The summed E-state index contributed by atoms with van der Waals surface area (Å²) in [6, 6.07) is 20.1. The molecule has 152 valence electrons. The zero-order valence-corrected chi connectivity index (χ0v) is 16.3. The normalized spacial score (nSPS) is 11.8. The molecule has 0 saturated heterocycles. The van der Waals surface area contributed by atoms with Gasteiger partial charge in [-0.2, -0.15) is 4.98 Å². The molecule has 0 saturated carbocycles. The van der Waals surface area contributed by atoms with E-state index in [-0.39, 0.29) is 11.4 Å². The molecule has 7 N–H and O–H groups in total. The van der Waals surface area contributed by atoms with Crippen LogP contribution in [0.3, 0.4) is 0 Å². The summed E-state index contributed by atoms with van der Waals surface area (Å²) < 4.78 is 0. The van der Waals surface area contributed by atoms with Crippen LogP contribution in [0.25, 0.3) is 21.8 Å². The van der Waals surface area contributed by atoms with Crippen LogP contribution < -0.4 is 22.3 Å². The summed E-state index contributed by atoms with van der Waals surface area (Å²) in [6.45, 7) is 0. The third kappa shape index (κ3) is 3.44. The molecule has 0 atom stereocenters. The second kappa shape index (κ2) is 7.30. The van der Waals surface area contributed by atoms with Crippen LogP contribution in [0.1, 0.15) is 5.56 Å². The number of fused-ring (bicyclic) bond motifs is 2. The van der Waals surface area contributed by atoms with E-state index < -0.39 is 0 Å². The lowest BCUT2D eigenvalue weighted by molar-refractivity contribution is 1.08. The van der Waals surface area contributed by atoms with E-state index in [1.807, 2.05) is 42.5 Å². The lowest BCUT2D eigenvalue weighted by atomic mass is 10.1. The fraction of sp³-hybridized carbons (Fsp3) is 0. The van der Waals surface area contributed by atoms with Crippen molar-refractivity contribution in [1.29, 1.82) is 0 Å². The van der Waals surface area contributed by atoms with Crippen molar-refractivity contribution < 1.29 is 0 Å². The highest BCUT2D eigenvalue weighted by molar-refractivity contribution is 6.04. The molecule has 9 nitrogen and oxygen atoms in total. The Labute approximate surface area is 175 Å². The monoisotopic (exact) mass is 410 g/mol. The molecule has 9 heteroatoms. The minimum Gasteiger partial charge on any atom is -0.398 e. The zero-order valence-electron chi connectivity index (χ0n) is 16.3. The maximum absolute atomic E-state index is 11.7. The molecule has 0 spiro atoms. The van der Waals surface area contributed by atoms with Crippen molar-refractivity contribution in [3.8, 4) is 0 Å². The number of H-pyrrole nitrogens is 2. The molecule has 2 aromatic heterocycles. The minimum absolute atomic E-state index is 0.171. The number of para-hydroxylation sites is 2. The zero-order chi connectivity index (χ0) is 21.4. The average Bonchev–Trinajstić information content (AvgIpc) is 3.14. The predicted octanol–water partition coefficient (Wildman–Crippen LogP) is 3.16. The molecule has 0 fully saturated rings. The number of nitrogens with zero attached hydrogens (tertiary/aromatic N) is 3. The third-order valence-corrected chi connectivity index (χ3v) is 4.88. The van der Waals surface area contributed by atoms with Gasteiger partial charge in [-0.25, -0.2) is 9.98 Å². The molecule has 0 aliphatic carbocycles. The molecule has 0 unspecified atom stereocenters. The van der Waals surface area contributed by atoms with Gasteiger partial charge >= 0.3 is 0 Å². The van der Waals surface area contributed by atoms with Gasteiger partial charge in [-0.05, 0) is 42.5 Å². The summed E-state index contributed by atoms with van der Waals surface area (Å²) in [5.41, 5.74) is 15.4. The number of rotatable bonds is 4. The van der Waals surface area contributed by atoms with Crippen molar-refractivity contribution >= 4 is 50.8 Å². The van der Waals surface area contributed by atoms with Crippen LogP contribution in [0.15, 0.2) is 76.5 Å². The van der Waals surface area contributed by atoms with Crippen molar-refractivity contribution in [3.05, 3.63) is 82.6 Å². The van der Waals surface area contributed by atoms with Crippen LogP contribution in [0, 0.1) is 0 Å². The Hall–Kier alpha value is -4.66. The van der Waals surface area contributed by atoms with Gasteiger partial charge in [0.25, 0.3) is 5.56 Å². The Morgan fingerprint density at radius 3 is 2.61 bits per heavy atom. The van der Waals surface area contributed by atoms with Gasteiger partial charge in [0.05, 0.1) is 16.4 Å². The van der Waals surface area contributed by atoms with E-state index in [1.165, 1.54) is 0 Å². The fourth-order valence-corrected chi connectivity index (χ4v) is 3.35. The Balaban J connectivity index is 1.59. The highest BCUT2D eigenvalue weighted by atomic mass is 16.1. The van der Waals surface area contributed by atoms with Gasteiger partial charge < -0.3 is 16.8 Å². The Morgan fingerprint density at radius 1 is 0.935 bits per heavy atom. The number of hydrogen-bond donors (Lipinski definition) is 5. The number of nitrogens with two attached hydrogens (primary N) is 2. The number of benzene rings is 3. The van der Waals surface area contributed by atoms with Gasteiger partial charge in [-0.3, -0.25) is 15.0 Å². The standard InChI is InChI=1S/C22H18N8O/c23-16-7-3-1-5-13(16)19(24)27-20-14-6-2-4-8-17(14)26-22(28-20)25-12-9-10-15-18(11-12)29-30-21(15)31/h1-11H,23H2,(H2,29,30,31)(H3,24,25,26,27,28). The molecule has 5 rings (SSSR count). The fourth-order valence-electron chi connectivity index (χ4n) is 3.35. The third-order valence-electron chi connectivity index (χ3n) is 4.88. The predicted molar refractivity (Wildman–Crippen MR) is 123 cm³/mol. The largest absolute Gasteiger partial charge is 0.398 e. The second-order valence-electron chi connectivity index (χ2n) is 6.94. The Kier molecular flexibility index (Phi) is 4.33. The van der Waals surface area contributed by atoms with E-state index in [9.17, 15) is 4.79 Å². The molecule has 0 aliphatic heterocycles. The number of aliphatic imine (C=N–C) groups is 1. The van der Waals surface area contributed by atoms with E-state index in [1.54, 1.807) is 24.3 Å². The average molecular weight is 410 g/mol. The van der Waals surface area contributed by atoms with Crippen LogP contribution in [0.4, 0.5) is 23.1 Å². The Morgan fingerprint density at radius 2 is 1.74 bits per heavy atom. The molecular formula is C22H18N8O. The van der Waals surface area contributed by atoms with Crippen LogP contribution >= 0.6 is 0 Å². The number of nitrogens with one attached hydrogen (secondary N) is 3. The summed E-state index contributed by atoms with van der Waals surface area (Å²) in [4.78, 5) is 25.4. The number of nitrogen functional groups attached to an aromatic ring is 1. The number of amidine groups is 1. The second-order valence-corrected chi connectivity index (χ2v) is 6.94. The Bertz CT molecular complexity index is 1520. The number of hydrogen-bond acceptors (Lipinski definition) is 6. The van der Waals surface area contributed by atoms with Crippen LogP contribution in [-0.4, -0.2) is 26.0 Å². The van der Waals surface area contributed by atoms with E-state index >= 15 is 0 Å². The SMILES string of the molecule is NC(=Nc1nc(Nc2ccc3c(=O)[nH][nH]c3c2)nc2ccccc12)c1ccccc1N. The van der Waals surface area contributed by atoms with Crippen molar-refractivity contribution in [1.82, 2.24) is 20.2 Å². The van der Waals surface area contributed by atoms with E-state index in [4.69, 9.17) is 11.5 Å². The molecule has 0 radical (unpaired) electrons. The molecule has 0 amide bonds. The quantitative estimate of drug-likeness (QED) is 0.174. The van der Waals surface area contributed by atoms with E-state index in [0.717, 1.165) is 5.39 Å². The van der Waals surface area contributed by atoms with Gasteiger partial charge in [0.2, 0.25) is 5.95 Å². The van der Waals surface area contributed by atoms with Gasteiger partial charge in [0.15, 0.2) is 5.82 Å². The van der Waals surface area contributed by atoms with Crippen LogP contribution in [0.5, 0.6) is 0 Å². The van der Waals surface area contributed by atoms with E-state index in [0.29, 0.717) is 45.1 Å². The summed E-state index contributed by atoms with van der Waals surface area (Å²) in [6.07, 6.45) is 0. The first-order valence-corrected chi connectivity index (χ1v) is 9.52. The smallest absolute Gasteiger partial charge is 0.271 e. The van der Waals surface area contributed by atoms with Crippen molar-refractivity contribution in [3.63, 3.8) is 0 Å². The van der Waals surface area contributed by atoms with Crippen molar-refractivity contribution in [2.45, 2.75) is 0 Å². The molecule has 3 aromatic carbocycles. The first kappa shape index (κ1) is 18.4. The molecule has 5 aromatic rings. The molecule has 2 heterocycles.